The lowest BCUT2D eigenvalue weighted by Gasteiger charge is -2.10. The highest BCUT2D eigenvalue weighted by Gasteiger charge is 2.25. The summed E-state index contributed by atoms with van der Waals surface area (Å²) in [6.45, 7) is 6.14. The van der Waals surface area contributed by atoms with Gasteiger partial charge in [0.1, 0.15) is 0 Å². The van der Waals surface area contributed by atoms with Gasteiger partial charge in [-0.1, -0.05) is 12.7 Å². The second-order valence-electron chi connectivity index (χ2n) is 3.25. The molecule has 1 unspecified atom stereocenters. The van der Waals surface area contributed by atoms with E-state index in [1.807, 2.05) is 6.08 Å². The summed E-state index contributed by atoms with van der Waals surface area (Å²) in [4.78, 5) is 0. The van der Waals surface area contributed by atoms with E-state index in [1.54, 1.807) is 0 Å². The van der Waals surface area contributed by atoms with Crippen LogP contribution in [0.5, 0.6) is 0 Å². The highest BCUT2D eigenvalue weighted by atomic mass is 16.5. The fourth-order valence-electron chi connectivity index (χ4n) is 1.80. The monoisotopic (exact) mass is 166 g/mol. The molecule has 0 saturated carbocycles. The third kappa shape index (κ3) is 1.32. The van der Waals surface area contributed by atoms with Crippen molar-refractivity contribution in [2.24, 2.45) is 0 Å². The molecule has 0 N–H and O–H groups in total. The second-order valence-corrected chi connectivity index (χ2v) is 3.25. The van der Waals surface area contributed by atoms with Crippen LogP contribution in [0.1, 0.15) is 12.8 Å². The van der Waals surface area contributed by atoms with Crippen LogP contribution in [0.4, 0.5) is 0 Å². The van der Waals surface area contributed by atoms with Crippen molar-refractivity contribution >= 4 is 0 Å². The molecular formula is C10H14O2. The molecule has 0 radical (unpaired) electrons. The van der Waals surface area contributed by atoms with E-state index in [0.717, 1.165) is 26.2 Å². The summed E-state index contributed by atoms with van der Waals surface area (Å²) in [6, 6.07) is 0. The zero-order chi connectivity index (χ0) is 8.39. The molecule has 0 aliphatic carbocycles. The van der Waals surface area contributed by atoms with Crippen molar-refractivity contribution in [1.82, 2.24) is 0 Å². The molecule has 2 heteroatoms. The van der Waals surface area contributed by atoms with Gasteiger partial charge in [-0.05, 0) is 24.0 Å². The van der Waals surface area contributed by atoms with E-state index in [9.17, 15) is 0 Å². The molecule has 0 bridgehead atoms. The summed E-state index contributed by atoms with van der Waals surface area (Å²) in [7, 11) is 0. The van der Waals surface area contributed by atoms with E-state index in [0.29, 0.717) is 6.10 Å². The molecule has 2 heterocycles. The van der Waals surface area contributed by atoms with Crippen LogP contribution in [0.25, 0.3) is 0 Å². The molecule has 2 aliphatic rings. The number of ether oxygens (including phenoxy) is 2. The molecule has 2 nitrogen and oxygen atoms in total. The SMILES string of the molecule is C=CC1=C(C2CCCO2)COC1. The van der Waals surface area contributed by atoms with Crippen LogP contribution >= 0.6 is 0 Å². The largest absolute Gasteiger partial charge is 0.374 e. The second kappa shape index (κ2) is 3.42. The maximum Gasteiger partial charge on any atom is 0.0814 e. The Hall–Kier alpha value is -0.600. The molecular weight excluding hydrogens is 152 g/mol. The Balaban J connectivity index is 2.13. The third-order valence-electron chi connectivity index (χ3n) is 2.49. The molecule has 2 aliphatic heterocycles. The van der Waals surface area contributed by atoms with Crippen molar-refractivity contribution in [2.75, 3.05) is 19.8 Å². The van der Waals surface area contributed by atoms with Crippen molar-refractivity contribution in [2.45, 2.75) is 18.9 Å². The molecule has 2 rings (SSSR count). The summed E-state index contributed by atoms with van der Waals surface area (Å²) >= 11 is 0. The van der Waals surface area contributed by atoms with Crippen molar-refractivity contribution in [3.8, 4) is 0 Å². The Kier molecular flexibility index (Phi) is 2.28. The van der Waals surface area contributed by atoms with Crippen LogP contribution in [-0.2, 0) is 9.47 Å². The number of hydrogen-bond acceptors (Lipinski definition) is 2. The van der Waals surface area contributed by atoms with Gasteiger partial charge in [0.05, 0.1) is 19.3 Å². The minimum Gasteiger partial charge on any atom is -0.374 e. The first kappa shape index (κ1) is 8.02. The fraction of sp³-hybridized carbons (Fsp3) is 0.600. The van der Waals surface area contributed by atoms with Crippen molar-refractivity contribution in [3.05, 3.63) is 23.8 Å². The van der Waals surface area contributed by atoms with E-state index >= 15 is 0 Å². The summed E-state index contributed by atoms with van der Waals surface area (Å²) in [5.74, 6) is 0. The summed E-state index contributed by atoms with van der Waals surface area (Å²) < 4.78 is 10.9. The molecule has 0 aromatic carbocycles. The maximum absolute atomic E-state index is 5.58. The van der Waals surface area contributed by atoms with Crippen molar-refractivity contribution < 1.29 is 9.47 Å². The molecule has 66 valence electrons. The van der Waals surface area contributed by atoms with E-state index in [1.165, 1.54) is 17.6 Å². The molecule has 0 aromatic heterocycles. The van der Waals surface area contributed by atoms with Gasteiger partial charge < -0.3 is 9.47 Å². The Morgan fingerprint density at radius 2 is 2.33 bits per heavy atom. The van der Waals surface area contributed by atoms with E-state index in [4.69, 9.17) is 9.47 Å². The first-order valence-corrected chi connectivity index (χ1v) is 4.45. The lowest BCUT2D eigenvalue weighted by molar-refractivity contribution is 0.122. The molecule has 0 spiro atoms. The molecule has 0 amide bonds. The normalized spacial score (nSPS) is 29.8. The summed E-state index contributed by atoms with van der Waals surface area (Å²) in [5.41, 5.74) is 2.56. The standard InChI is InChI=1S/C10H14O2/c1-2-8-6-11-7-9(8)10-4-3-5-12-10/h2,10H,1,3-7H2. The molecule has 1 atom stereocenters. The van der Waals surface area contributed by atoms with E-state index in [-0.39, 0.29) is 0 Å². The predicted octanol–water partition coefficient (Wildman–Crippen LogP) is 1.68. The van der Waals surface area contributed by atoms with Gasteiger partial charge in [0, 0.05) is 6.61 Å². The quantitative estimate of drug-likeness (QED) is 0.621. The Morgan fingerprint density at radius 3 is 3.00 bits per heavy atom. The summed E-state index contributed by atoms with van der Waals surface area (Å²) in [6.07, 6.45) is 4.54. The highest BCUT2D eigenvalue weighted by Crippen LogP contribution is 2.26. The topological polar surface area (TPSA) is 18.5 Å². The van der Waals surface area contributed by atoms with Gasteiger partial charge >= 0.3 is 0 Å². The van der Waals surface area contributed by atoms with Crippen LogP contribution in [0.2, 0.25) is 0 Å². The average Bonchev–Trinajstić information content (AvgIpc) is 2.74. The van der Waals surface area contributed by atoms with Crippen LogP contribution in [0.3, 0.4) is 0 Å². The van der Waals surface area contributed by atoms with Crippen LogP contribution < -0.4 is 0 Å². The Morgan fingerprint density at radius 1 is 1.42 bits per heavy atom. The minimum absolute atomic E-state index is 0.320. The van der Waals surface area contributed by atoms with Crippen molar-refractivity contribution in [1.29, 1.82) is 0 Å². The predicted molar refractivity (Wildman–Crippen MR) is 47.0 cm³/mol. The molecule has 12 heavy (non-hydrogen) atoms. The zero-order valence-electron chi connectivity index (χ0n) is 7.21. The first-order chi connectivity index (χ1) is 5.92. The van der Waals surface area contributed by atoms with Gasteiger partial charge in [0.25, 0.3) is 0 Å². The molecule has 1 saturated heterocycles. The molecule has 1 fully saturated rings. The Bertz CT molecular complexity index is 212. The third-order valence-corrected chi connectivity index (χ3v) is 2.49. The van der Waals surface area contributed by atoms with Gasteiger partial charge in [-0.25, -0.2) is 0 Å². The maximum atomic E-state index is 5.58. The minimum atomic E-state index is 0.320. The van der Waals surface area contributed by atoms with E-state index < -0.39 is 0 Å². The lowest BCUT2D eigenvalue weighted by atomic mass is 10.0. The van der Waals surface area contributed by atoms with Gasteiger partial charge in [0.2, 0.25) is 0 Å². The van der Waals surface area contributed by atoms with Crippen molar-refractivity contribution in [3.63, 3.8) is 0 Å². The number of rotatable bonds is 2. The first-order valence-electron chi connectivity index (χ1n) is 4.45. The molecule has 0 aromatic rings. The lowest BCUT2D eigenvalue weighted by Crippen LogP contribution is -2.11. The Labute approximate surface area is 72.9 Å². The summed E-state index contributed by atoms with van der Waals surface area (Å²) in [5, 5.41) is 0. The van der Waals surface area contributed by atoms with Gasteiger partial charge in [-0.2, -0.15) is 0 Å². The number of hydrogen-bond donors (Lipinski definition) is 0. The average molecular weight is 166 g/mol. The zero-order valence-corrected chi connectivity index (χ0v) is 7.21. The highest BCUT2D eigenvalue weighted by molar-refractivity contribution is 5.31. The smallest absolute Gasteiger partial charge is 0.0814 e. The fourth-order valence-corrected chi connectivity index (χ4v) is 1.80. The van der Waals surface area contributed by atoms with Gasteiger partial charge in [0.15, 0.2) is 0 Å². The van der Waals surface area contributed by atoms with Crippen LogP contribution in [0.15, 0.2) is 23.8 Å². The van der Waals surface area contributed by atoms with Crippen LogP contribution in [0, 0.1) is 0 Å². The van der Waals surface area contributed by atoms with Crippen LogP contribution in [-0.4, -0.2) is 25.9 Å². The van der Waals surface area contributed by atoms with E-state index in [2.05, 4.69) is 6.58 Å². The van der Waals surface area contributed by atoms with Gasteiger partial charge in [-0.3, -0.25) is 0 Å². The van der Waals surface area contributed by atoms with Gasteiger partial charge in [-0.15, -0.1) is 0 Å².